The Balaban J connectivity index is 2.57. The van der Waals surface area contributed by atoms with Crippen molar-refractivity contribution >= 4 is 5.97 Å². The van der Waals surface area contributed by atoms with Crippen LogP contribution in [-0.2, 0) is 9.53 Å². The minimum Gasteiger partial charge on any atom is -0.455 e. The molecule has 0 radical (unpaired) electrons. The molecule has 1 aliphatic rings. The molecule has 1 aliphatic carbocycles. The molecule has 0 N–H and O–H groups in total. The van der Waals surface area contributed by atoms with Crippen molar-refractivity contribution in [3.8, 4) is 0 Å². The molecule has 0 unspecified atom stereocenters. The summed E-state index contributed by atoms with van der Waals surface area (Å²) in [5.41, 5.74) is -0.398. The molecular weight excluding hydrogens is 224 g/mol. The van der Waals surface area contributed by atoms with Crippen molar-refractivity contribution in [1.29, 1.82) is 0 Å². The molecule has 18 heavy (non-hydrogen) atoms. The van der Waals surface area contributed by atoms with Crippen molar-refractivity contribution in [1.82, 2.24) is 0 Å². The maximum Gasteiger partial charge on any atom is 0.303 e. The molecule has 104 valence electrons. The van der Waals surface area contributed by atoms with Gasteiger partial charge in [-0.1, -0.05) is 51.5 Å². The van der Waals surface area contributed by atoms with Crippen LogP contribution in [0.25, 0.3) is 0 Å². The van der Waals surface area contributed by atoms with Crippen LogP contribution in [0.5, 0.6) is 0 Å². The zero-order valence-corrected chi connectivity index (χ0v) is 11.9. The molecular formula is C16H28O2. The molecule has 0 atom stereocenters. The number of carbonyl (C=O) groups is 1. The second-order valence-electron chi connectivity index (χ2n) is 5.54. The second-order valence-corrected chi connectivity index (χ2v) is 5.54. The van der Waals surface area contributed by atoms with E-state index < -0.39 is 5.60 Å². The van der Waals surface area contributed by atoms with Gasteiger partial charge >= 0.3 is 5.97 Å². The van der Waals surface area contributed by atoms with Crippen LogP contribution in [-0.4, -0.2) is 11.6 Å². The number of ether oxygens (including phenoxy) is 1. The molecule has 1 saturated carbocycles. The van der Waals surface area contributed by atoms with Gasteiger partial charge in [-0.25, -0.2) is 0 Å². The summed E-state index contributed by atoms with van der Waals surface area (Å²) in [6.45, 7) is 5.40. The highest BCUT2D eigenvalue weighted by Gasteiger charge is 2.28. The smallest absolute Gasteiger partial charge is 0.303 e. The van der Waals surface area contributed by atoms with Gasteiger partial charge < -0.3 is 4.74 Å². The Morgan fingerprint density at radius 2 is 1.33 bits per heavy atom. The fourth-order valence-electron chi connectivity index (χ4n) is 2.84. The fourth-order valence-corrected chi connectivity index (χ4v) is 2.84. The monoisotopic (exact) mass is 252 g/mol. The summed E-state index contributed by atoms with van der Waals surface area (Å²) in [6, 6.07) is 0. The number of hydrogen-bond acceptors (Lipinski definition) is 2. The van der Waals surface area contributed by atoms with Crippen molar-refractivity contribution in [3.63, 3.8) is 0 Å². The van der Waals surface area contributed by atoms with Gasteiger partial charge in [-0.2, -0.15) is 0 Å². The summed E-state index contributed by atoms with van der Waals surface area (Å²) in [5.74, 6) is -0.179. The zero-order valence-electron chi connectivity index (χ0n) is 11.9. The highest BCUT2D eigenvalue weighted by Crippen LogP contribution is 2.29. The zero-order chi connectivity index (χ0) is 13.3. The summed E-state index contributed by atoms with van der Waals surface area (Å²) in [4.78, 5) is 11.3. The van der Waals surface area contributed by atoms with Crippen LogP contribution in [0, 0.1) is 0 Å². The standard InChI is InChI=1S/C16H28O2/c1-3-16(18-15(2)17)13-11-9-7-5-4-6-8-10-12-14-16/h3H,1,4-14H2,2H3. The molecule has 0 aromatic carbocycles. The minimum atomic E-state index is -0.398. The third-order valence-corrected chi connectivity index (χ3v) is 3.92. The lowest BCUT2D eigenvalue weighted by Gasteiger charge is -2.30. The first kappa shape index (κ1) is 15.3. The Hall–Kier alpha value is -0.790. The Kier molecular flexibility index (Phi) is 7.07. The average molecular weight is 252 g/mol. The van der Waals surface area contributed by atoms with Crippen LogP contribution in [0.2, 0.25) is 0 Å². The van der Waals surface area contributed by atoms with E-state index in [4.69, 9.17) is 4.74 Å². The number of carbonyl (C=O) groups excluding carboxylic acids is 1. The van der Waals surface area contributed by atoms with Gasteiger partial charge in [0, 0.05) is 6.92 Å². The maximum atomic E-state index is 11.3. The number of hydrogen-bond donors (Lipinski definition) is 0. The van der Waals surface area contributed by atoms with Gasteiger partial charge in [-0.05, 0) is 31.8 Å². The highest BCUT2D eigenvalue weighted by atomic mass is 16.6. The molecule has 2 nitrogen and oxygen atoms in total. The van der Waals surface area contributed by atoms with Crippen LogP contribution in [0.1, 0.15) is 77.6 Å². The van der Waals surface area contributed by atoms with Crippen LogP contribution < -0.4 is 0 Å². The largest absolute Gasteiger partial charge is 0.455 e. The Bertz CT molecular complexity index is 246. The van der Waals surface area contributed by atoms with Gasteiger partial charge in [0.15, 0.2) is 0 Å². The van der Waals surface area contributed by atoms with E-state index in [-0.39, 0.29) is 5.97 Å². The van der Waals surface area contributed by atoms with Crippen LogP contribution in [0.4, 0.5) is 0 Å². The summed E-state index contributed by atoms with van der Waals surface area (Å²) < 4.78 is 5.57. The lowest BCUT2D eigenvalue weighted by molar-refractivity contribution is -0.153. The van der Waals surface area contributed by atoms with E-state index in [1.54, 1.807) is 0 Å². The molecule has 0 bridgehead atoms. The van der Waals surface area contributed by atoms with Crippen LogP contribution in [0.3, 0.4) is 0 Å². The van der Waals surface area contributed by atoms with E-state index in [1.165, 1.54) is 51.9 Å². The molecule has 0 amide bonds. The van der Waals surface area contributed by atoms with Crippen LogP contribution in [0.15, 0.2) is 12.7 Å². The summed E-state index contributed by atoms with van der Waals surface area (Å²) in [6.07, 6.45) is 15.2. The maximum absolute atomic E-state index is 11.3. The van der Waals surface area contributed by atoms with E-state index in [1.807, 2.05) is 6.08 Å². The molecule has 0 heterocycles. The predicted octanol–water partition coefficient (Wildman–Crippen LogP) is 4.78. The third kappa shape index (κ3) is 5.70. The molecule has 0 aromatic rings. The summed E-state index contributed by atoms with van der Waals surface area (Å²) in [5, 5.41) is 0. The topological polar surface area (TPSA) is 26.3 Å². The molecule has 1 rings (SSSR count). The minimum absolute atomic E-state index is 0.179. The van der Waals surface area contributed by atoms with Gasteiger partial charge in [0.25, 0.3) is 0 Å². The lowest BCUT2D eigenvalue weighted by atomic mass is 9.88. The van der Waals surface area contributed by atoms with E-state index in [2.05, 4.69) is 6.58 Å². The SMILES string of the molecule is C=CC1(OC(C)=O)CCCCCCCCCCC1. The average Bonchev–Trinajstić information content (AvgIpc) is 2.32. The third-order valence-electron chi connectivity index (χ3n) is 3.92. The van der Waals surface area contributed by atoms with Gasteiger partial charge in [-0.15, -0.1) is 0 Å². The quantitative estimate of drug-likeness (QED) is 0.522. The summed E-state index contributed by atoms with van der Waals surface area (Å²) >= 11 is 0. The molecule has 0 aromatic heterocycles. The number of esters is 1. The van der Waals surface area contributed by atoms with Crippen molar-refractivity contribution in [2.45, 2.75) is 83.2 Å². The molecule has 0 aliphatic heterocycles. The van der Waals surface area contributed by atoms with E-state index >= 15 is 0 Å². The predicted molar refractivity (Wildman–Crippen MR) is 75.5 cm³/mol. The van der Waals surface area contributed by atoms with E-state index in [9.17, 15) is 4.79 Å². The van der Waals surface area contributed by atoms with Gasteiger partial charge in [0.1, 0.15) is 5.60 Å². The van der Waals surface area contributed by atoms with Crippen molar-refractivity contribution < 1.29 is 9.53 Å². The fraction of sp³-hybridized carbons (Fsp3) is 0.812. The normalized spacial score (nSPS) is 22.3. The molecule has 0 spiro atoms. The van der Waals surface area contributed by atoms with Crippen molar-refractivity contribution in [3.05, 3.63) is 12.7 Å². The first-order valence-corrected chi connectivity index (χ1v) is 7.52. The second kappa shape index (κ2) is 8.34. The van der Waals surface area contributed by atoms with E-state index in [0.717, 1.165) is 25.7 Å². The Morgan fingerprint density at radius 1 is 0.944 bits per heavy atom. The van der Waals surface area contributed by atoms with Gasteiger partial charge in [-0.3, -0.25) is 4.79 Å². The highest BCUT2D eigenvalue weighted by molar-refractivity contribution is 5.66. The first-order valence-electron chi connectivity index (χ1n) is 7.52. The van der Waals surface area contributed by atoms with Gasteiger partial charge in [0.2, 0.25) is 0 Å². The Morgan fingerprint density at radius 3 is 1.67 bits per heavy atom. The Labute approximate surface area is 112 Å². The van der Waals surface area contributed by atoms with E-state index in [0.29, 0.717) is 0 Å². The molecule has 0 saturated heterocycles. The summed E-state index contributed by atoms with van der Waals surface area (Å²) in [7, 11) is 0. The van der Waals surface area contributed by atoms with Gasteiger partial charge in [0.05, 0.1) is 0 Å². The molecule has 2 heteroatoms. The van der Waals surface area contributed by atoms with Crippen molar-refractivity contribution in [2.75, 3.05) is 0 Å². The lowest BCUT2D eigenvalue weighted by Crippen LogP contribution is -2.32. The van der Waals surface area contributed by atoms with Crippen LogP contribution >= 0.6 is 0 Å². The molecule has 1 fully saturated rings. The number of rotatable bonds is 2. The first-order chi connectivity index (χ1) is 8.68. The van der Waals surface area contributed by atoms with Crippen molar-refractivity contribution in [2.24, 2.45) is 0 Å².